The van der Waals surface area contributed by atoms with Crippen molar-refractivity contribution in [1.82, 2.24) is 14.5 Å². The number of amides is 2. The van der Waals surface area contributed by atoms with E-state index in [4.69, 9.17) is 4.98 Å². The average molecular weight is 545 g/mol. The van der Waals surface area contributed by atoms with E-state index in [0.717, 1.165) is 34.5 Å². The topological polar surface area (TPSA) is 67.2 Å². The van der Waals surface area contributed by atoms with Gasteiger partial charge < -0.3 is 10.2 Å². The molecule has 0 bridgehead atoms. The molecule has 6 nitrogen and oxygen atoms in total. The normalized spacial score (nSPS) is 11.8. The number of aryl methyl sites for hydroxylation is 3. The van der Waals surface area contributed by atoms with Gasteiger partial charge in [0.1, 0.15) is 5.82 Å². The Kier molecular flexibility index (Phi) is 8.29. The van der Waals surface area contributed by atoms with E-state index in [-0.39, 0.29) is 11.6 Å². The van der Waals surface area contributed by atoms with Crippen LogP contribution in [0.1, 0.15) is 48.0 Å². The van der Waals surface area contributed by atoms with Crippen molar-refractivity contribution in [3.05, 3.63) is 135 Å². The number of nitrogens with zero attached hydrogens (tertiary/aromatic N) is 3. The van der Waals surface area contributed by atoms with E-state index >= 15 is 0 Å². The van der Waals surface area contributed by atoms with Crippen LogP contribution >= 0.6 is 0 Å². The number of fused-ring (bicyclic) bond motifs is 1. The predicted molar refractivity (Wildman–Crippen MR) is 167 cm³/mol. The molecule has 6 heteroatoms. The van der Waals surface area contributed by atoms with Gasteiger partial charge in [-0.05, 0) is 80.1 Å². The van der Waals surface area contributed by atoms with Crippen molar-refractivity contribution in [1.29, 1.82) is 0 Å². The van der Waals surface area contributed by atoms with Crippen LogP contribution in [0.4, 0.5) is 10.5 Å². The van der Waals surface area contributed by atoms with E-state index in [0.29, 0.717) is 29.7 Å². The fraction of sp³-hybridized carbons (Fsp3) is 0.229. The van der Waals surface area contributed by atoms with Crippen molar-refractivity contribution < 1.29 is 4.79 Å². The zero-order valence-corrected chi connectivity index (χ0v) is 24.1. The summed E-state index contributed by atoms with van der Waals surface area (Å²) in [5.41, 5.74) is 6.28. The maximum atomic E-state index is 14.0. The molecule has 5 rings (SSSR count). The second kappa shape index (κ2) is 12.2. The summed E-state index contributed by atoms with van der Waals surface area (Å²) in [5.74, 6) is 0.516. The lowest BCUT2D eigenvalue weighted by molar-refractivity contribution is 0.190. The van der Waals surface area contributed by atoms with Crippen LogP contribution in [-0.4, -0.2) is 27.0 Å². The van der Waals surface area contributed by atoms with Crippen LogP contribution in [0.25, 0.3) is 16.6 Å². The van der Waals surface area contributed by atoms with E-state index in [1.54, 1.807) is 15.5 Å². The standard InChI is InChI=1S/C35H36N4O2/c1-5-27-18-20-29(21-19-27)39-33(36-31-17-10-9-16-30(31)34(39)40)26(4)38(23-22-28-14-7-6-8-15-28)35(41)37-32-24(2)12-11-13-25(32)3/h6-21,26H,5,22-23H2,1-4H3,(H,37,41). The fourth-order valence-electron chi connectivity index (χ4n) is 5.26. The second-order valence-electron chi connectivity index (χ2n) is 10.4. The molecule has 0 saturated heterocycles. The molecule has 5 aromatic rings. The summed E-state index contributed by atoms with van der Waals surface area (Å²) in [5, 5.41) is 3.70. The highest BCUT2D eigenvalue weighted by Gasteiger charge is 2.27. The third-order valence-corrected chi connectivity index (χ3v) is 7.70. The Hall–Kier alpha value is -4.71. The molecule has 0 aliphatic rings. The molecule has 4 aromatic carbocycles. The smallest absolute Gasteiger partial charge is 0.314 e. The molecule has 0 radical (unpaired) electrons. The summed E-state index contributed by atoms with van der Waals surface area (Å²) >= 11 is 0. The maximum absolute atomic E-state index is 14.0. The molecule has 208 valence electrons. The van der Waals surface area contributed by atoms with Crippen LogP contribution in [0.3, 0.4) is 0 Å². The zero-order valence-electron chi connectivity index (χ0n) is 24.1. The lowest BCUT2D eigenvalue weighted by Gasteiger charge is -2.31. The Labute approximate surface area is 241 Å². The summed E-state index contributed by atoms with van der Waals surface area (Å²) in [7, 11) is 0. The van der Waals surface area contributed by atoms with Crippen molar-refractivity contribution in [2.45, 2.75) is 46.6 Å². The molecule has 1 atom stereocenters. The molecule has 41 heavy (non-hydrogen) atoms. The first-order chi connectivity index (χ1) is 19.9. The quantitative estimate of drug-likeness (QED) is 0.221. The number of carbonyl (C=O) groups is 1. The van der Waals surface area contributed by atoms with Gasteiger partial charge in [0.05, 0.1) is 22.6 Å². The van der Waals surface area contributed by atoms with Gasteiger partial charge in [0.25, 0.3) is 5.56 Å². The molecule has 1 N–H and O–H groups in total. The van der Waals surface area contributed by atoms with E-state index in [1.165, 1.54) is 5.56 Å². The highest BCUT2D eigenvalue weighted by molar-refractivity contribution is 5.91. The molecule has 0 aliphatic carbocycles. The lowest BCUT2D eigenvalue weighted by atomic mass is 10.1. The number of hydrogen-bond acceptors (Lipinski definition) is 3. The molecule has 1 heterocycles. The van der Waals surface area contributed by atoms with E-state index < -0.39 is 6.04 Å². The Balaban J connectivity index is 1.62. The van der Waals surface area contributed by atoms with Crippen molar-refractivity contribution in [2.75, 3.05) is 11.9 Å². The fourth-order valence-corrected chi connectivity index (χ4v) is 5.26. The molecule has 0 saturated carbocycles. The summed E-state index contributed by atoms with van der Waals surface area (Å²) in [6.45, 7) is 8.47. The third kappa shape index (κ3) is 5.92. The van der Waals surface area contributed by atoms with Crippen molar-refractivity contribution in [3.8, 4) is 5.69 Å². The van der Waals surface area contributed by atoms with Gasteiger partial charge in [0.2, 0.25) is 0 Å². The highest BCUT2D eigenvalue weighted by atomic mass is 16.2. The van der Waals surface area contributed by atoms with E-state index in [2.05, 4.69) is 24.4 Å². The number of rotatable bonds is 8. The number of para-hydroxylation sites is 2. The maximum Gasteiger partial charge on any atom is 0.322 e. The minimum atomic E-state index is -0.508. The zero-order chi connectivity index (χ0) is 28.9. The molecule has 0 spiro atoms. The first-order valence-electron chi connectivity index (χ1n) is 14.2. The minimum Gasteiger partial charge on any atom is -0.314 e. The van der Waals surface area contributed by atoms with Crippen molar-refractivity contribution in [3.63, 3.8) is 0 Å². The number of carbonyl (C=O) groups excluding carboxylic acids is 1. The van der Waals surface area contributed by atoms with Gasteiger partial charge in [0.15, 0.2) is 0 Å². The molecular formula is C35H36N4O2. The van der Waals surface area contributed by atoms with Gasteiger partial charge in [0, 0.05) is 12.2 Å². The highest BCUT2D eigenvalue weighted by Crippen LogP contribution is 2.26. The molecular weight excluding hydrogens is 508 g/mol. The Morgan fingerprint density at radius 1 is 0.854 bits per heavy atom. The van der Waals surface area contributed by atoms with Gasteiger partial charge in [-0.15, -0.1) is 0 Å². The first-order valence-corrected chi connectivity index (χ1v) is 14.2. The van der Waals surface area contributed by atoms with Gasteiger partial charge in [-0.25, -0.2) is 9.78 Å². The average Bonchev–Trinajstić information content (AvgIpc) is 2.99. The van der Waals surface area contributed by atoms with Crippen LogP contribution in [-0.2, 0) is 12.8 Å². The molecule has 2 amide bonds. The largest absolute Gasteiger partial charge is 0.322 e. The molecule has 0 fully saturated rings. The van der Waals surface area contributed by atoms with Crippen LogP contribution in [0, 0.1) is 13.8 Å². The van der Waals surface area contributed by atoms with E-state index in [1.807, 2.05) is 99.6 Å². The van der Waals surface area contributed by atoms with Crippen molar-refractivity contribution in [2.24, 2.45) is 0 Å². The van der Waals surface area contributed by atoms with Gasteiger partial charge >= 0.3 is 6.03 Å². The third-order valence-electron chi connectivity index (χ3n) is 7.70. The van der Waals surface area contributed by atoms with Crippen LogP contribution < -0.4 is 10.9 Å². The van der Waals surface area contributed by atoms with Crippen LogP contribution in [0.15, 0.2) is 102 Å². The van der Waals surface area contributed by atoms with Gasteiger partial charge in [-0.3, -0.25) is 9.36 Å². The van der Waals surface area contributed by atoms with Crippen LogP contribution in [0.2, 0.25) is 0 Å². The number of hydrogen-bond donors (Lipinski definition) is 1. The predicted octanol–water partition coefficient (Wildman–Crippen LogP) is 7.40. The summed E-state index contributed by atoms with van der Waals surface area (Å²) in [6.07, 6.45) is 1.56. The number of benzene rings is 4. The van der Waals surface area contributed by atoms with Crippen molar-refractivity contribution >= 4 is 22.6 Å². The number of aromatic nitrogens is 2. The summed E-state index contributed by atoms with van der Waals surface area (Å²) in [6, 6.07) is 30.7. The lowest BCUT2D eigenvalue weighted by Crippen LogP contribution is -2.41. The molecule has 0 aliphatic heterocycles. The SMILES string of the molecule is CCc1ccc(-n2c(C(C)N(CCc3ccccc3)C(=O)Nc3c(C)cccc3C)nc3ccccc3c2=O)cc1. The Morgan fingerprint density at radius 2 is 1.51 bits per heavy atom. The number of urea groups is 1. The number of anilines is 1. The Morgan fingerprint density at radius 3 is 2.20 bits per heavy atom. The minimum absolute atomic E-state index is 0.153. The molecule has 1 aromatic heterocycles. The Bertz CT molecular complexity index is 1710. The first kappa shape index (κ1) is 27.8. The van der Waals surface area contributed by atoms with Crippen LogP contribution in [0.5, 0.6) is 0 Å². The second-order valence-corrected chi connectivity index (χ2v) is 10.4. The van der Waals surface area contributed by atoms with E-state index in [9.17, 15) is 9.59 Å². The number of nitrogens with one attached hydrogen (secondary N) is 1. The molecule has 1 unspecified atom stereocenters. The monoisotopic (exact) mass is 544 g/mol. The summed E-state index contributed by atoms with van der Waals surface area (Å²) < 4.78 is 1.66. The van der Waals surface area contributed by atoms with Gasteiger partial charge in [-0.1, -0.05) is 79.7 Å². The summed E-state index contributed by atoms with van der Waals surface area (Å²) in [4.78, 5) is 34.8. The van der Waals surface area contributed by atoms with Gasteiger partial charge in [-0.2, -0.15) is 0 Å².